The molecule has 0 aliphatic heterocycles. The van der Waals surface area contributed by atoms with E-state index in [1.165, 1.54) is 289 Å². The van der Waals surface area contributed by atoms with Gasteiger partial charge in [-0.05, 0) is 77.0 Å². The zero-order valence-electron chi connectivity index (χ0n) is 53.4. The second kappa shape index (κ2) is 68.1. The van der Waals surface area contributed by atoms with E-state index in [2.05, 4.69) is 57.2 Å². The van der Waals surface area contributed by atoms with Gasteiger partial charge in [0, 0.05) is 19.3 Å². The number of carbonyl (C=O) groups is 3. The van der Waals surface area contributed by atoms with Gasteiger partial charge in [-0.2, -0.15) is 0 Å². The Morgan fingerprint density at radius 3 is 0.709 bits per heavy atom. The second-order valence-corrected chi connectivity index (χ2v) is 24.1. The smallest absolute Gasteiger partial charge is 0.306 e. The fraction of sp³-hybridized carbons (Fsp3) is 0.877. The molecule has 0 saturated heterocycles. The van der Waals surface area contributed by atoms with Crippen LogP contribution >= 0.6 is 0 Å². The lowest BCUT2D eigenvalue weighted by Crippen LogP contribution is -2.30. The van der Waals surface area contributed by atoms with Crippen LogP contribution in [0.5, 0.6) is 0 Å². The number of esters is 3. The molecule has 79 heavy (non-hydrogen) atoms. The van der Waals surface area contributed by atoms with Crippen molar-refractivity contribution in [2.75, 3.05) is 13.2 Å². The molecule has 0 N–H and O–H groups in total. The number of hydrogen-bond donors (Lipinski definition) is 0. The van der Waals surface area contributed by atoms with Crippen molar-refractivity contribution >= 4 is 17.9 Å². The highest BCUT2D eigenvalue weighted by Crippen LogP contribution is 2.18. The Balaban J connectivity index is 4.25. The maximum Gasteiger partial charge on any atom is 0.306 e. The number of hydrogen-bond acceptors (Lipinski definition) is 6. The summed E-state index contributed by atoms with van der Waals surface area (Å²) in [4.78, 5) is 38.4. The minimum Gasteiger partial charge on any atom is -0.462 e. The minimum absolute atomic E-state index is 0.0681. The Bertz CT molecular complexity index is 1320. The molecule has 0 rings (SSSR count). The topological polar surface area (TPSA) is 78.9 Å². The average Bonchev–Trinajstić information content (AvgIpc) is 3.45. The highest BCUT2D eigenvalue weighted by molar-refractivity contribution is 5.71. The van der Waals surface area contributed by atoms with Gasteiger partial charge in [0.2, 0.25) is 0 Å². The quantitative estimate of drug-likeness (QED) is 0.0261. The fourth-order valence-electron chi connectivity index (χ4n) is 10.8. The van der Waals surface area contributed by atoms with Crippen molar-refractivity contribution in [2.45, 2.75) is 399 Å². The van der Waals surface area contributed by atoms with E-state index in [0.29, 0.717) is 19.3 Å². The highest BCUT2D eigenvalue weighted by atomic mass is 16.6. The van der Waals surface area contributed by atoms with Crippen molar-refractivity contribution in [2.24, 2.45) is 0 Å². The Morgan fingerprint density at radius 2 is 0.456 bits per heavy atom. The predicted molar refractivity (Wildman–Crippen MR) is 344 cm³/mol. The summed E-state index contributed by atoms with van der Waals surface area (Å²) in [5.41, 5.74) is 0. The second-order valence-electron chi connectivity index (χ2n) is 24.1. The molecule has 464 valence electrons. The molecule has 0 amide bonds. The molecule has 0 aromatic carbocycles. The van der Waals surface area contributed by atoms with Crippen molar-refractivity contribution in [3.63, 3.8) is 0 Å². The van der Waals surface area contributed by atoms with Gasteiger partial charge >= 0.3 is 17.9 Å². The van der Waals surface area contributed by atoms with Gasteiger partial charge in [0.05, 0.1) is 0 Å². The number of unbranched alkanes of at least 4 members (excludes halogenated alkanes) is 49. The molecule has 0 aliphatic rings. The summed E-state index contributed by atoms with van der Waals surface area (Å²) in [6.45, 7) is 6.70. The van der Waals surface area contributed by atoms with E-state index in [1.54, 1.807) is 0 Å². The molecule has 6 heteroatoms. The maximum absolute atomic E-state index is 12.9. The first-order valence-electron chi connectivity index (χ1n) is 35.5. The van der Waals surface area contributed by atoms with Gasteiger partial charge in [-0.15, -0.1) is 0 Å². The van der Waals surface area contributed by atoms with E-state index in [9.17, 15) is 14.4 Å². The van der Waals surface area contributed by atoms with Crippen LogP contribution in [0.1, 0.15) is 393 Å². The van der Waals surface area contributed by atoms with E-state index in [4.69, 9.17) is 14.2 Å². The Hall–Kier alpha value is -2.37. The van der Waals surface area contributed by atoms with Crippen LogP contribution < -0.4 is 0 Å². The molecule has 0 fully saturated rings. The lowest BCUT2D eigenvalue weighted by molar-refractivity contribution is -0.167. The van der Waals surface area contributed by atoms with Crippen LogP contribution in [0.2, 0.25) is 0 Å². The first-order valence-corrected chi connectivity index (χ1v) is 35.5. The summed E-state index contributed by atoms with van der Waals surface area (Å²) in [5, 5.41) is 0. The number of carbonyl (C=O) groups excluding carboxylic acids is 3. The van der Waals surface area contributed by atoms with Gasteiger partial charge in [-0.3, -0.25) is 14.4 Å². The molecule has 0 spiro atoms. The molecule has 0 aromatic heterocycles. The Morgan fingerprint density at radius 1 is 0.253 bits per heavy atom. The first-order chi connectivity index (χ1) is 39.0. The van der Waals surface area contributed by atoms with E-state index in [0.717, 1.165) is 64.2 Å². The molecule has 0 saturated carbocycles. The van der Waals surface area contributed by atoms with Gasteiger partial charge in [0.1, 0.15) is 13.2 Å². The summed E-state index contributed by atoms with van der Waals surface area (Å²) in [6.07, 6.45) is 84.5. The van der Waals surface area contributed by atoms with Crippen LogP contribution in [-0.4, -0.2) is 37.2 Å². The van der Waals surface area contributed by atoms with Crippen molar-refractivity contribution in [1.29, 1.82) is 0 Å². The average molecular weight is 1110 g/mol. The van der Waals surface area contributed by atoms with Gasteiger partial charge < -0.3 is 14.2 Å². The SMILES string of the molecule is CCCCCCC/C=C\C/C=C\CCCCCCCCCCCCCCCCCC(=O)OCC(COC(=O)CCCCCCCCCCCCCCCCCC)OC(=O)CCCCCCCCC/C=C\CCCCCCCCC. The van der Waals surface area contributed by atoms with Crippen molar-refractivity contribution in [3.8, 4) is 0 Å². The van der Waals surface area contributed by atoms with Crippen molar-refractivity contribution in [1.82, 2.24) is 0 Å². The lowest BCUT2D eigenvalue weighted by Gasteiger charge is -2.18. The van der Waals surface area contributed by atoms with Crippen LogP contribution in [0, 0.1) is 0 Å². The molecule has 0 aromatic rings. The van der Waals surface area contributed by atoms with E-state index < -0.39 is 6.10 Å². The van der Waals surface area contributed by atoms with E-state index in [1.807, 2.05) is 0 Å². The normalized spacial score (nSPS) is 12.2. The molecule has 0 aliphatic carbocycles. The number of ether oxygens (including phenoxy) is 3. The molecule has 1 atom stereocenters. The molecule has 6 nitrogen and oxygen atoms in total. The maximum atomic E-state index is 12.9. The zero-order valence-corrected chi connectivity index (χ0v) is 53.4. The van der Waals surface area contributed by atoms with Crippen LogP contribution in [0.3, 0.4) is 0 Å². The Labute approximate surface area is 493 Å². The standard InChI is InChI=1S/C73H136O6/c1-4-7-10-13-16-19-22-25-28-31-33-34-35-36-37-38-39-40-41-43-45-48-51-54-57-60-63-66-72(75)78-69-70(68-77-71(74)65-62-59-56-53-50-47-44-30-27-24-21-18-15-12-9-6-3)79-73(76)67-64-61-58-55-52-49-46-42-32-29-26-23-20-17-14-11-8-5-2/h22,25,29,31-33,70H,4-21,23-24,26-28,30,34-69H2,1-3H3/b25-22-,32-29-,33-31-. The first kappa shape index (κ1) is 76.6. The van der Waals surface area contributed by atoms with Gasteiger partial charge in [-0.25, -0.2) is 0 Å². The Kier molecular flexibility index (Phi) is 66.1. The van der Waals surface area contributed by atoms with Crippen LogP contribution in [0.25, 0.3) is 0 Å². The fourth-order valence-corrected chi connectivity index (χ4v) is 10.8. The highest BCUT2D eigenvalue weighted by Gasteiger charge is 2.19. The zero-order chi connectivity index (χ0) is 57.1. The van der Waals surface area contributed by atoms with Crippen LogP contribution in [0.15, 0.2) is 36.5 Å². The third kappa shape index (κ3) is 66.3. The van der Waals surface area contributed by atoms with Gasteiger partial charge in [0.15, 0.2) is 6.10 Å². The molecule has 0 heterocycles. The third-order valence-electron chi connectivity index (χ3n) is 16.1. The number of rotatable bonds is 66. The summed E-state index contributed by atoms with van der Waals surface area (Å²) < 4.78 is 17.0. The number of allylic oxidation sites excluding steroid dienone is 6. The van der Waals surface area contributed by atoms with Gasteiger partial charge in [-0.1, -0.05) is 333 Å². The van der Waals surface area contributed by atoms with Crippen molar-refractivity contribution in [3.05, 3.63) is 36.5 Å². The van der Waals surface area contributed by atoms with Gasteiger partial charge in [0.25, 0.3) is 0 Å². The summed E-state index contributed by atoms with van der Waals surface area (Å²) in [5.74, 6) is -0.842. The third-order valence-corrected chi connectivity index (χ3v) is 16.1. The predicted octanol–water partition coefficient (Wildman–Crippen LogP) is 24.3. The summed E-state index contributed by atoms with van der Waals surface area (Å²) in [7, 11) is 0. The molecular formula is C73H136O6. The van der Waals surface area contributed by atoms with Crippen LogP contribution in [0.4, 0.5) is 0 Å². The summed E-state index contributed by atoms with van der Waals surface area (Å²) >= 11 is 0. The van der Waals surface area contributed by atoms with Crippen molar-refractivity contribution < 1.29 is 28.6 Å². The molecular weight excluding hydrogens is 973 g/mol. The summed E-state index contributed by atoms with van der Waals surface area (Å²) in [6, 6.07) is 0. The minimum atomic E-state index is -0.772. The molecule has 1 unspecified atom stereocenters. The largest absolute Gasteiger partial charge is 0.462 e. The van der Waals surface area contributed by atoms with E-state index >= 15 is 0 Å². The molecule has 0 radical (unpaired) electrons. The monoisotopic (exact) mass is 1110 g/mol. The van der Waals surface area contributed by atoms with E-state index in [-0.39, 0.29) is 31.1 Å². The lowest BCUT2D eigenvalue weighted by atomic mass is 10.0. The van der Waals surface area contributed by atoms with Crippen LogP contribution in [-0.2, 0) is 28.6 Å². The molecule has 0 bridgehead atoms.